The molecule has 4 heterocycles. The summed E-state index contributed by atoms with van der Waals surface area (Å²) in [5.74, 6) is 0.773. The maximum Gasteiger partial charge on any atom is 0.216 e. The SMILES string of the molecule is CCc1nn(C)c(OC)c1CNc1nn2cc(-c3cccnc3)nc2s1. The molecule has 0 unspecified atom stereocenters. The summed E-state index contributed by atoms with van der Waals surface area (Å²) in [6, 6.07) is 3.88. The summed E-state index contributed by atoms with van der Waals surface area (Å²) in [7, 11) is 3.55. The number of rotatable bonds is 6. The van der Waals surface area contributed by atoms with Gasteiger partial charge < -0.3 is 10.1 Å². The minimum atomic E-state index is 0.603. The highest BCUT2D eigenvalue weighted by atomic mass is 32.1. The molecule has 0 saturated heterocycles. The lowest BCUT2D eigenvalue weighted by molar-refractivity contribution is 0.370. The average molecular weight is 369 g/mol. The molecule has 9 heteroatoms. The van der Waals surface area contributed by atoms with Crippen molar-refractivity contribution in [2.24, 2.45) is 7.05 Å². The van der Waals surface area contributed by atoms with E-state index < -0.39 is 0 Å². The Morgan fingerprint density at radius 2 is 2.19 bits per heavy atom. The summed E-state index contributed by atoms with van der Waals surface area (Å²) in [6.45, 7) is 2.69. The van der Waals surface area contributed by atoms with Crippen molar-refractivity contribution in [3.8, 4) is 17.1 Å². The van der Waals surface area contributed by atoms with Crippen LogP contribution in [0.5, 0.6) is 5.88 Å². The van der Waals surface area contributed by atoms with E-state index in [1.165, 1.54) is 11.3 Å². The monoisotopic (exact) mass is 369 g/mol. The maximum absolute atomic E-state index is 5.48. The molecule has 0 bridgehead atoms. The van der Waals surface area contributed by atoms with E-state index in [1.807, 2.05) is 25.4 Å². The van der Waals surface area contributed by atoms with E-state index in [0.717, 1.165) is 44.9 Å². The standard InChI is InChI=1S/C17H19N7OS/c1-4-13-12(15(25-3)23(2)21-13)9-19-16-22-24-10-14(20-17(24)26-16)11-6-5-7-18-8-11/h5-8,10H,4,9H2,1-3H3,(H,19,22). The topological polar surface area (TPSA) is 82.2 Å². The largest absolute Gasteiger partial charge is 0.481 e. The van der Waals surface area contributed by atoms with Crippen LogP contribution in [-0.4, -0.2) is 36.5 Å². The van der Waals surface area contributed by atoms with Gasteiger partial charge in [-0.05, 0) is 18.6 Å². The van der Waals surface area contributed by atoms with Crippen LogP contribution in [0, 0.1) is 0 Å². The zero-order valence-corrected chi connectivity index (χ0v) is 15.6. The lowest BCUT2D eigenvalue weighted by Crippen LogP contribution is -2.03. The third kappa shape index (κ3) is 2.90. The van der Waals surface area contributed by atoms with E-state index in [1.54, 1.807) is 28.7 Å². The van der Waals surface area contributed by atoms with E-state index >= 15 is 0 Å². The second-order valence-corrected chi connectivity index (χ2v) is 6.72. The summed E-state index contributed by atoms with van der Waals surface area (Å²) >= 11 is 1.51. The van der Waals surface area contributed by atoms with Gasteiger partial charge >= 0.3 is 0 Å². The summed E-state index contributed by atoms with van der Waals surface area (Å²) in [5.41, 5.74) is 3.93. The van der Waals surface area contributed by atoms with Crippen LogP contribution >= 0.6 is 11.3 Å². The van der Waals surface area contributed by atoms with Crippen LogP contribution in [0.3, 0.4) is 0 Å². The van der Waals surface area contributed by atoms with Gasteiger partial charge in [0.15, 0.2) is 0 Å². The molecule has 0 aliphatic rings. The van der Waals surface area contributed by atoms with Gasteiger partial charge in [0.25, 0.3) is 0 Å². The number of methoxy groups -OCH3 is 1. The number of hydrogen-bond acceptors (Lipinski definition) is 7. The van der Waals surface area contributed by atoms with Gasteiger partial charge in [-0.15, -0.1) is 5.10 Å². The molecule has 0 aliphatic carbocycles. The van der Waals surface area contributed by atoms with Crippen molar-refractivity contribution >= 4 is 21.4 Å². The first-order chi connectivity index (χ1) is 12.7. The van der Waals surface area contributed by atoms with Crippen LogP contribution < -0.4 is 10.1 Å². The van der Waals surface area contributed by atoms with Crippen LogP contribution in [-0.2, 0) is 20.0 Å². The molecule has 0 radical (unpaired) electrons. The molecule has 0 spiro atoms. The quantitative estimate of drug-likeness (QED) is 0.563. The number of fused-ring (bicyclic) bond motifs is 1. The first-order valence-corrected chi connectivity index (χ1v) is 9.10. The first-order valence-electron chi connectivity index (χ1n) is 8.28. The number of ether oxygens (including phenoxy) is 1. The lowest BCUT2D eigenvalue weighted by Gasteiger charge is -2.05. The molecule has 0 saturated carbocycles. The number of anilines is 1. The average Bonchev–Trinajstić information content (AvgIpc) is 3.31. The molecule has 8 nitrogen and oxygen atoms in total. The minimum Gasteiger partial charge on any atom is -0.481 e. The number of pyridine rings is 1. The number of nitrogens with one attached hydrogen (secondary N) is 1. The number of nitrogens with zero attached hydrogens (tertiary/aromatic N) is 6. The summed E-state index contributed by atoms with van der Waals surface area (Å²) in [6.07, 6.45) is 6.31. The van der Waals surface area contributed by atoms with Gasteiger partial charge in [-0.1, -0.05) is 18.3 Å². The third-order valence-electron chi connectivity index (χ3n) is 4.12. The zero-order chi connectivity index (χ0) is 18.1. The van der Waals surface area contributed by atoms with Gasteiger partial charge in [-0.2, -0.15) is 5.10 Å². The zero-order valence-electron chi connectivity index (χ0n) is 14.8. The number of aromatic nitrogens is 6. The number of hydrogen-bond donors (Lipinski definition) is 1. The van der Waals surface area contributed by atoms with Crippen molar-refractivity contribution in [3.05, 3.63) is 42.0 Å². The highest BCUT2D eigenvalue weighted by Gasteiger charge is 2.16. The highest BCUT2D eigenvalue weighted by molar-refractivity contribution is 7.20. The van der Waals surface area contributed by atoms with Gasteiger partial charge in [0.1, 0.15) is 0 Å². The molecular formula is C17H19N7OS. The Bertz CT molecular complexity index is 1000. The molecule has 0 aromatic carbocycles. The lowest BCUT2D eigenvalue weighted by atomic mass is 10.2. The van der Waals surface area contributed by atoms with E-state index in [4.69, 9.17) is 4.74 Å². The Kier molecular flexibility index (Phi) is 4.29. The van der Waals surface area contributed by atoms with Gasteiger partial charge in [0.05, 0.1) is 30.3 Å². The molecule has 134 valence electrons. The van der Waals surface area contributed by atoms with Gasteiger partial charge in [-0.25, -0.2) is 14.2 Å². The van der Waals surface area contributed by atoms with Crippen LogP contribution in [0.25, 0.3) is 16.2 Å². The first kappa shape index (κ1) is 16.5. The molecule has 1 N–H and O–H groups in total. The van der Waals surface area contributed by atoms with Crippen molar-refractivity contribution in [1.29, 1.82) is 0 Å². The fraction of sp³-hybridized carbons (Fsp3) is 0.294. The normalized spacial score (nSPS) is 11.2. The summed E-state index contributed by atoms with van der Waals surface area (Å²) in [5, 5.41) is 13.2. The van der Waals surface area contributed by atoms with Crippen LogP contribution in [0.2, 0.25) is 0 Å². The predicted octanol–water partition coefficient (Wildman–Crippen LogP) is 2.77. The smallest absolute Gasteiger partial charge is 0.216 e. The highest BCUT2D eigenvalue weighted by Crippen LogP contribution is 2.26. The predicted molar refractivity (Wildman–Crippen MR) is 101 cm³/mol. The van der Waals surface area contributed by atoms with Gasteiger partial charge in [0, 0.05) is 31.5 Å². The fourth-order valence-corrected chi connectivity index (χ4v) is 3.69. The molecule has 0 amide bonds. The Morgan fingerprint density at radius 3 is 2.88 bits per heavy atom. The Labute approximate surface area is 154 Å². The molecule has 4 rings (SSSR count). The molecule has 26 heavy (non-hydrogen) atoms. The van der Waals surface area contributed by atoms with E-state index in [2.05, 4.69) is 32.4 Å². The Balaban J connectivity index is 1.55. The fourth-order valence-electron chi connectivity index (χ4n) is 2.91. The van der Waals surface area contributed by atoms with Crippen LogP contribution in [0.1, 0.15) is 18.2 Å². The van der Waals surface area contributed by atoms with E-state index in [9.17, 15) is 0 Å². The van der Waals surface area contributed by atoms with Crippen LogP contribution in [0.15, 0.2) is 30.7 Å². The Hall–Kier alpha value is -2.94. The minimum absolute atomic E-state index is 0.603. The Morgan fingerprint density at radius 1 is 1.31 bits per heavy atom. The van der Waals surface area contributed by atoms with E-state index in [0.29, 0.717) is 6.54 Å². The molecule has 0 aliphatic heterocycles. The van der Waals surface area contributed by atoms with Crippen molar-refractivity contribution in [2.75, 3.05) is 12.4 Å². The van der Waals surface area contributed by atoms with Gasteiger partial charge in [-0.3, -0.25) is 4.98 Å². The molecule has 4 aromatic heterocycles. The maximum atomic E-state index is 5.48. The van der Waals surface area contributed by atoms with Gasteiger partial charge in [0.2, 0.25) is 16.0 Å². The molecule has 4 aromatic rings. The molecular weight excluding hydrogens is 350 g/mol. The van der Waals surface area contributed by atoms with Crippen molar-refractivity contribution in [3.63, 3.8) is 0 Å². The summed E-state index contributed by atoms with van der Waals surface area (Å²) in [4.78, 5) is 9.59. The van der Waals surface area contributed by atoms with Crippen LogP contribution in [0.4, 0.5) is 5.13 Å². The van der Waals surface area contributed by atoms with Crippen molar-refractivity contribution in [1.82, 2.24) is 29.4 Å². The third-order valence-corrected chi connectivity index (χ3v) is 5.00. The van der Waals surface area contributed by atoms with Crippen molar-refractivity contribution < 1.29 is 4.74 Å². The number of aryl methyl sites for hydroxylation is 2. The second-order valence-electron chi connectivity index (χ2n) is 5.77. The van der Waals surface area contributed by atoms with E-state index in [-0.39, 0.29) is 0 Å². The second kappa shape index (κ2) is 6.75. The molecule has 0 fully saturated rings. The number of imidazole rings is 1. The molecule has 0 atom stereocenters. The summed E-state index contributed by atoms with van der Waals surface area (Å²) < 4.78 is 9.03. The van der Waals surface area contributed by atoms with Crippen molar-refractivity contribution in [2.45, 2.75) is 19.9 Å².